The van der Waals surface area contributed by atoms with Crippen molar-refractivity contribution in [2.45, 2.75) is 20.0 Å². The molecule has 0 fully saturated rings. The Hall–Kier alpha value is -4.22. The number of halogens is 3. The first kappa shape index (κ1) is 23.0. The maximum Gasteiger partial charge on any atom is 0.491 e. The van der Waals surface area contributed by atoms with Crippen LogP contribution in [0.15, 0.2) is 30.3 Å². The summed E-state index contributed by atoms with van der Waals surface area (Å²) >= 11 is 0. The maximum atomic E-state index is 12.8. The predicted molar refractivity (Wildman–Crippen MR) is 117 cm³/mol. The highest BCUT2D eigenvalue weighted by atomic mass is 19.4. The number of para-hydroxylation sites is 1. The van der Waals surface area contributed by atoms with Crippen molar-refractivity contribution >= 4 is 39.7 Å². The number of methoxy groups -OCH3 is 2. The molecule has 0 saturated carbocycles. The monoisotopic (exact) mass is 473 g/mol. The van der Waals surface area contributed by atoms with Crippen LogP contribution in [-0.2, 0) is 4.79 Å². The summed E-state index contributed by atoms with van der Waals surface area (Å²) in [4.78, 5) is 28.6. The van der Waals surface area contributed by atoms with E-state index in [-0.39, 0.29) is 17.3 Å². The van der Waals surface area contributed by atoms with E-state index in [0.717, 1.165) is 0 Å². The number of anilines is 2. The zero-order chi connectivity index (χ0) is 24.6. The average Bonchev–Trinajstić information content (AvgIpc) is 2.78. The van der Waals surface area contributed by atoms with Gasteiger partial charge in [0.1, 0.15) is 17.0 Å². The summed E-state index contributed by atoms with van der Waals surface area (Å²) in [6.45, 7) is 3.46. The van der Waals surface area contributed by atoms with E-state index in [1.54, 1.807) is 38.1 Å². The van der Waals surface area contributed by atoms with Gasteiger partial charge >= 0.3 is 12.1 Å². The fourth-order valence-corrected chi connectivity index (χ4v) is 3.30. The molecule has 12 heteroatoms. The Morgan fingerprint density at radius 2 is 1.62 bits per heavy atom. The second-order valence-electron chi connectivity index (χ2n) is 7.19. The first-order valence-corrected chi connectivity index (χ1v) is 9.84. The second kappa shape index (κ2) is 8.61. The van der Waals surface area contributed by atoms with Gasteiger partial charge in [0.15, 0.2) is 0 Å². The maximum absolute atomic E-state index is 12.8. The highest BCUT2D eigenvalue weighted by Gasteiger charge is 2.42. The number of fused-ring (bicyclic) bond motifs is 2. The van der Waals surface area contributed by atoms with Gasteiger partial charge in [-0.1, -0.05) is 12.1 Å². The lowest BCUT2D eigenvalue weighted by Gasteiger charge is -2.13. The Kier molecular flexibility index (Phi) is 5.82. The van der Waals surface area contributed by atoms with Crippen LogP contribution in [0.1, 0.15) is 11.3 Å². The normalized spacial score (nSPS) is 11.5. The summed E-state index contributed by atoms with van der Waals surface area (Å²) < 4.78 is 53.6. The summed E-state index contributed by atoms with van der Waals surface area (Å²) in [5.74, 6) is -2.04. The molecule has 1 N–H and O–H groups in total. The molecule has 0 aliphatic carbocycles. The second-order valence-corrected chi connectivity index (χ2v) is 7.19. The van der Waals surface area contributed by atoms with Gasteiger partial charge in [-0.3, -0.25) is 5.32 Å². The first-order chi connectivity index (χ1) is 16.1. The van der Waals surface area contributed by atoms with Crippen LogP contribution in [-0.4, -0.2) is 46.3 Å². The molecule has 0 aliphatic rings. The smallest absolute Gasteiger partial charge is 0.491 e. The number of rotatable bonds is 5. The van der Waals surface area contributed by atoms with Gasteiger partial charge in [0.2, 0.25) is 17.8 Å². The number of carbonyl (C=O) groups excluding carboxylic acids is 1. The van der Waals surface area contributed by atoms with Crippen molar-refractivity contribution < 1.29 is 32.2 Å². The molecule has 34 heavy (non-hydrogen) atoms. The molecule has 2 aromatic heterocycles. The lowest BCUT2D eigenvalue weighted by molar-refractivity contribution is -0.189. The van der Waals surface area contributed by atoms with Gasteiger partial charge in [0.05, 0.1) is 30.8 Å². The fourth-order valence-electron chi connectivity index (χ4n) is 3.30. The Morgan fingerprint density at radius 1 is 0.912 bits per heavy atom. The van der Waals surface area contributed by atoms with E-state index >= 15 is 0 Å². The molecule has 2 heterocycles. The van der Waals surface area contributed by atoms with Crippen LogP contribution in [0.2, 0.25) is 0 Å². The van der Waals surface area contributed by atoms with E-state index in [9.17, 15) is 18.0 Å². The molecule has 176 valence electrons. The van der Waals surface area contributed by atoms with E-state index in [4.69, 9.17) is 9.47 Å². The molecule has 0 amide bonds. The summed E-state index contributed by atoms with van der Waals surface area (Å²) in [6, 6.07) is 8.17. The molecular formula is C22H18F3N5O4. The molecule has 0 spiro atoms. The van der Waals surface area contributed by atoms with Gasteiger partial charge in [0.25, 0.3) is 0 Å². The summed E-state index contributed by atoms with van der Waals surface area (Å²) in [5, 5.41) is 3.61. The van der Waals surface area contributed by atoms with E-state index < -0.39 is 18.0 Å². The number of ether oxygens (including phenoxy) is 3. The van der Waals surface area contributed by atoms with Crippen molar-refractivity contribution in [3.63, 3.8) is 0 Å². The Morgan fingerprint density at radius 3 is 2.29 bits per heavy atom. The third-order valence-electron chi connectivity index (χ3n) is 4.92. The van der Waals surface area contributed by atoms with E-state index in [0.29, 0.717) is 39.2 Å². The number of aryl methyl sites for hydroxylation is 2. The van der Waals surface area contributed by atoms with Crippen molar-refractivity contribution in [3.8, 4) is 17.4 Å². The summed E-state index contributed by atoms with van der Waals surface area (Å²) in [7, 11) is 3.00. The fraction of sp³-hybridized carbons (Fsp3) is 0.227. The molecule has 0 unspecified atom stereocenters. The van der Waals surface area contributed by atoms with Gasteiger partial charge in [-0.05, 0) is 31.5 Å². The minimum Gasteiger partial charge on any atom is -0.497 e. The van der Waals surface area contributed by atoms with Crippen LogP contribution in [0.25, 0.3) is 21.8 Å². The van der Waals surface area contributed by atoms with Crippen LogP contribution in [0.5, 0.6) is 17.4 Å². The highest BCUT2D eigenvalue weighted by Crippen LogP contribution is 2.33. The van der Waals surface area contributed by atoms with E-state index in [1.165, 1.54) is 20.3 Å². The quantitative estimate of drug-likeness (QED) is 0.422. The number of aromatic nitrogens is 4. The number of carbonyl (C=O) groups is 1. The number of esters is 1. The van der Waals surface area contributed by atoms with Crippen molar-refractivity contribution in [2.24, 2.45) is 0 Å². The standard InChI is InChI=1S/C22H18F3N5O4/c1-10-6-5-7-13-16(10)27-21(29-18(13)34-19(31)22(23,24)25)30-20-26-11(2)14-8-12(32-3)9-15(33-4)17(14)28-20/h5-9H,1-4H3,(H,26,27,28,29,30). The topological polar surface area (TPSA) is 108 Å². The number of nitrogens with zero attached hydrogens (tertiary/aromatic N) is 4. The minimum absolute atomic E-state index is 0.0644. The molecule has 0 bridgehead atoms. The van der Waals surface area contributed by atoms with Crippen molar-refractivity contribution in [2.75, 3.05) is 19.5 Å². The SMILES string of the molecule is COc1cc(OC)c2nc(Nc3nc(OC(=O)C(F)(F)F)c4cccc(C)c4n3)nc(C)c2c1. The highest BCUT2D eigenvalue weighted by molar-refractivity contribution is 5.91. The largest absolute Gasteiger partial charge is 0.497 e. The van der Waals surface area contributed by atoms with Crippen LogP contribution in [0.3, 0.4) is 0 Å². The van der Waals surface area contributed by atoms with Crippen LogP contribution >= 0.6 is 0 Å². The van der Waals surface area contributed by atoms with E-state index in [2.05, 4.69) is 30.0 Å². The zero-order valence-electron chi connectivity index (χ0n) is 18.4. The summed E-state index contributed by atoms with van der Waals surface area (Å²) in [5.41, 5.74) is 1.98. The molecule has 0 aliphatic heterocycles. The molecule has 2 aromatic carbocycles. The van der Waals surface area contributed by atoms with Crippen molar-refractivity contribution in [1.29, 1.82) is 0 Å². The molecule has 4 rings (SSSR count). The molecule has 4 aromatic rings. The summed E-state index contributed by atoms with van der Waals surface area (Å²) in [6.07, 6.45) is -5.19. The third-order valence-corrected chi connectivity index (χ3v) is 4.92. The van der Waals surface area contributed by atoms with Gasteiger partial charge in [-0.25, -0.2) is 19.7 Å². The number of hydrogen-bond acceptors (Lipinski definition) is 9. The molecule has 9 nitrogen and oxygen atoms in total. The number of nitrogens with one attached hydrogen (secondary N) is 1. The van der Waals surface area contributed by atoms with Gasteiger partial charge in [-0.2, -0.15) is 18.2 Å². The van der Waals surface area contributed by atoms with Crippen LogP contribution in [0.4, 0.5) is 25.1 Å². The Labute approximate surface area is 190 Å². The van der Waals surface area contributed by atoms with Gasteiger partial charge in [0, 0.05) is 11.5 Å². The minimum atomic E-state index is -5.19. The van der Waals surface area contributed by atoms with Crippen LogP contribution in [0, 0.1) is 13.8 Å². The molecule has 0 radical (unpaired) electrons. The lowest BCUT2D eigenvalue weighted by Crippen LogP contribution is -2.28. The third kappa shape index (κ3) is 4.34. The molecule has 0 atom stereocenters. The number of alkyl halides is 3. The number of hydrogen-bond donors (Lipinski definition) is 1. The van der Waals surface area contributed by atoms with E-state index in [1.807, 2.05) is 0 Å². The van der Waals surface area contributed by atoms with Crippen molar-refractivity contribution in [1.82, 2.24) is 19.9 Å². The predicted octanol–water partition coefficient (Wildman–Crippen LogP) is 4.42. The lowest BCUT2D eigenvalue weighted by atomic mass is 10.1. The average molecular weight is 473 g/mol. The Balaban J connectivity index is 1.81. The van der Waals surface area contributed by atoms with Gasteiger partial charge < -0.3 is 14.2 Å². The number of benzene rings is 2. The zero-order valence-corrected chi connectivity index (χ0v) is 18.4. The van der Waals surface area contributed by atoms with Gasteiger partial charge in [-0.15, -0.1) is 0 Å². The molecular weight excluding hydrogens is 455 g/mol. The Bertz CT molecular complexity index is 1430. The van der Waals surface area contributed by atoms with Crippen LogP contribution < -0.4 is 19.5 Å². The first-order valence-electron chi connectivity index (χ1n) is 9.84. The molecule has 0 saturated heterocycles. The van der Waals surface area contributed by atoms with Crippen molar-refractivity contribution in [3.05, 3.63) is 41.6 Å².